The molecule has 0 spiro atoms. The predicted octanol–water partition coefficient (Wildman–Crippen LogP) is 2.96. The van der Waals surface area contributed by atoms with Crippen molar-refractivity contribution in [3.05, 3.63) is 29.3 Å². The van der Waals surface area contributed by atoms with Gasteiger partial charge in [-0.2, -0.15) is 0 Å². The normalized spacial score (nSPS) is 27.2. The van der Waals surface area contributed by atoms with Crippen LogP contribution in [0.5, 0.6) is 0 Å². The van der Waals surface area contributed by atoms with Crippen molar-refractivity contribution >= 4 is 21.6 Å². The number of rotatable bonds is 2. The molecule has 1 fully saturated rings. The molecule has 0 saturated heterocycles. The molecule has 1 heterocycles. The van der Waals surface area contributed by atoms with Crippen molar-refractivity contribution < 1.29 is 5.11 Å². The first-order chi connectivity index (χ1) is 7.59. The molecular formula is C13H15NOS. The maximum atomic E-state index is 9.64. The molecule has 0 radical (unpaired) electrons. The molecule has 3 rings (SSSR count). The second-order valence-corrected chi connectivity index (χ2v) is 6.32. The lowest BCUT2D eigenvalue weighted by molar-refractivity contribution is 0.231. The van der Waals surface area contributed by atoms with E-state index in [4.69, 9.17) is 0 Å². The molecule has 0 aliphatic heterocycles. The number of fused-ring (bicyclic) bond motifs is 1. The van der Waals surface area contributed by atoms with Crippen LogP contribution < -0.4 is 0 Å². The van der Waals surface area contributed by atoms with E-state index in [0.717, 1.165) is 16.9 Å². The fourth-order valence-corrected chi connectivity index (χ4v) is 3.82. The van der Waals surface area contributed by atoms with Crippen LogP contribution >= 0.6 is 11.3 Å². The molecule has 1 unspecified atom stereocenters. The van der Waals surface area contributed by atoms with Crippen molar-refractivity contribution in [2.75, 3.05) is 6.61 Å². The SMILES string of the molecule is CC1(C)CC1(CO)c1nc2ccccc2s1. The Balaban J connectivity index is 2.13. The first kappa shape index (κ1) is 10.2. The molecule has 1 saturated carbocycles. The Kier molecular flexibility index (Phi) is 1.95. The number of thiazole rings is 1. The number of aliphatic hydroxyl groups excluding tert-OH is 1. The van der Waals surface area contributed by atoms with Crippen molar-refractivity contribution in [1.29, 1.82) is 0 Å². The summed E-state index contributed by atoms with van der Waals surface area (Å²) in [6.45, 7) is 4.62. The molecule has 16 heavy (non-hydrogen) atoms. The van der Waals surface area contributed by atoms with Crippen LogP contribution in [0, 0.1) is 5.41 Å². The van der Waals surface area contributed by atoms with Gasteiger partial charge in [0.25, 0.3) is 0 Å². The van der Waals surface area contributed by atoms with E-state index in [1.807, 2.05) is 18.2 Å². The van der Waals surface area contributed by atoms with E-state index < -0.39 is 0 Å². The van der Waals surface area contributed by atoms with Crippen molar-refractivity contribution in [2.24, 2.45) is 5.41 Å². The highest BCUT2D eigenvalue weighted by Gasteiger charge is 2.63. The van der Waals surface area contributed by atoms with E-state index in [9.17, 15) is 5.11 Å². The fourth-order valence-electron chi connectivity index (χ4n) is 2.49. The fraction of sp³-hybridized carbons (Fsp3) is 0.462. The van der Waals surface area contributed by atoms with Crippen LogP contribution in [0.2, 0.25) is 0 Å². The molecule has 0 bridgehead atoms. The first-order valence-electron chi connectivity index (χ1n) is 5.56. The van der Waals surface area contributed by atoms with Crippen LogP contribution in [0.4, 0.5) is 0 Å². The van der Waals surface area contributed by atoms with Gasteiger partial charge in [-0.05, 0) is 24.0 Å². The van der Waals surface area contributed by atoms with Gasteiger partial charge in [-0.25, -0.2) is 4.98 Å². The largest absolute Gasteiger partial charge is 0.395 e. The molecule has 1 aliphatic rings. The molecular weight excluding hydrogens is 218 g/mol. The van der Waals surface area contributed by atoms with Gasteiger partial charge in [0, 0.05) is 0 Å². The summed E-state index contributed by atoms with van der Waals surface area (Å²) in [7, 11) is 0. The number of aromatic nitrogens is 1. The molecule has 1 aromatic carbocycles. The van der Waals surface area contributed by atoms with E-state index in [0.29, 0.717) is 0 Å². The number of benzene rings is 1. The first-order valence-corrected chi connectivity index (χ1v) is 6.38. The van der Waals surface area contributed by atoms with Gasteiger partial charge >= 0.3 is 0 Å². The minimum Gasteiger partial charge on any atom is -0.395 e. The Labute approximate surface area is 99.0 Å². The minimum atomic E-state index is -0.0866. The molecule has 1 aromatic heterocycles. The maximum Gasteiger partial charge on any atom is 0.103 e. The van der Waals surface area contributed by atoms with Gasteiger partial charge in [0.2, 0.25) is 0 Å². The molecule has 84 valence electrons. The third-order valence-electron chi connectivity index (χ3n) is 3.89. The Morgan fingerprint density at radius 1 is 1.38 bits per heavy atom. The third kappa shape index (κ3) is 1.19. The van der Waals surface area contributed by atoms with Crippen LogP contribution in [0.25, 0.3) is 10.2 Å². The molecule has 1 aliphatic carbocycles. The molecule has 2 aromatic rings. The Morgan fingerprint density at radius 2 is 2.06 bits per heavy atom. The Hall–Kier alpha value is -0.930. The van der Waals surface area contributed by atoms with Gasteiger partial charge in [0.15, 0.2) is 0 Å². The third-order valence-corrected chi connectivity index (χ3v) is 5.13. The summed E-state index contributed by atoms with van der Waals surface area (Å²) >= 11 is 1.72. The van der Waals surface area contributed by atoms with E-state index in [1.165, 1.54) is 4.70 Å². The van der Waals surface area contributed by atoms with Crippen LogP contribution in [0.1, 0.15) is 25.3 Å². The maximum absolute atomic E-state index is 9.64. The minimum absolute atomic E-state index is 0.0866. The zero-order chi connectivity index (χ0) is 11.4. The average Bonchev–Trinajstić information content (AvgIpc) is 2.67. The van der Waals surface area contributed by atoms with Crippen molar-refractivity contribution in [1.82, 2.24) is 4.98 Å². The highest BCUT2D eigenvalue weighted by Crippen LogP contribution is 2.64. The highest BCUT2D eigenvalue weighted by atomic mass is 32.1. The zero-order valence-corrected chi connectivity index (χ0v) is 10.3. The van der Waals surface area contributed by atoms with Gasteiger partial charge in [-0.1, -0.05) is 26.0 Å². The van der Waals surface area contributed by atoms with Crippen molar-refractivity contribution in [3.63, 3.8) is 0 Å². The summed E-state index contributed by atoms with van der Waals surface area (Å²) in [4.78, 5) is 4.67. The topological polar surface area (TPSA) is 33.1 Å². The highest BCUT2D eigenvalue weighted by molar-refractivity contribution is 7.18. The van der Waals surface area contributed by atoms with Gasteiger partial charge in [-0.15, -0.1) is 11.3 Å². The number of para-hydroxylation sites is 1. The summed E-state index contributed by atoms with van der Waals surface area (Å²) in [6.07, 6.45) is 1.04. The lowest BCUT2D eigenvalue weighted by Gasteiger charge is -2.13. The Morgan fingerprint density at radius 3 is 2.62 bits per heavy atom. The standard InChI is InChI=1S/C13H15NOS/c1-12(2)7-13(12,8-15)11-14-9-5-3-4-6-10(9)16-11/h3-6,15H,7-8H2,1-2H3. The lowest BCUT2D eigenvalue weighted by Crippen LogP contribution is -2.18. The van der Waals surface area contributed by atoms with E-state index in [-0.39, 0.29) is 17.4 Å². The number of hydrogen-bond acceptors (Lipinski definition) is 3. The molecule has 0 amide bonds. The van der Waals surface area contributed by atoms with E-state index in [2.05, 4.69) is 24.9 Å². The lowest BCUT2D eigenvalue weighted by atomic mass is 9.98. The summed E-state index contributed by atoms with van der Waals surface area (Å²) in [5.41, 5.74) is 1.16. The second kappa shape index (κ2) is 3.05. The van der Waals surface area contributed by atoms with Crippen LogP contribution in [0.3, 0.4) is 0 Å². The van der Waals surface area contributed by atoms with Gasteiger partial charge < -0.3 is 5.11 Å². The van der Waals surface area contributed by atoms with E-state index in [1.54, 1.807) is 11.3 Å². The number of aliphatic hydroxyl groups is 1. The number of nitrogens with zero attached hydrogens (tertiary/aromatic N) is 1. The molecule has 1 atom stereocenters. The molecule has 3 heteroatoms. The molecule has 1 N–H and O–H groups in total. The number of hydrogen-bond donors (Lipinski definition) is 1. The Bertz CT molecular complexity index is 513. The van der Waals surface area contributed by atoms with Crippen molar-refractivity contribution in [2.45, 2.75) is 25.7 Å². The van der Waals surface area contributed by atoms with Crippen LogP contribution in [0.15, 0.2) is 24.3 Å². The van der Waals surface area contributed by atoms with Gasteiger partial charge in [0.05, 0.1) is 22.2 Å². The van der Waals surface area contributed by atoms with Crippen LogP contribution in [-0.4, -0.2) is 16.7 Å². The van der Waals surface area contributed by atoms with E-state index >= 15 is 0 Å². The predicted molar refractivity (Wildman–Crippen MR) is 66.8 cm³/mol. The average molecular weight is 233 g/mol. The monoisotopic (exact) mass is 233 g/mol. The summed E-state index contributed by atoms with van der Waals surface area (Å²) in [5.74, 6) is 0. The van der Waals surface area contributed by atoms with Crippen molar-refractivity contribution in [3.8, 4) is 0 Å². The smallest absolute Gasteiger partial charge is 0.103 e. The summed E-state index contributed by atoms with van der Waals surface area (Å²) in [6, 6.07) is 8.18. The van der Waals surface area contributed by atoms with Gasteiger partial charge in [-0.3, -0.25) is 0 Å². The summed E-state index contributed by atoms with van der Waals surface area (Å²) < 4.78 is 1.22. The summed E-state index contributed by atoms with van der Waals surface area (Å²) in [5, 5.41) is 10.7. The van der Waals surface area contributed by atoms with Crippen LogP contribution in [-0.2, 0) is 5.41 Å². The second-order valence-electron chi connectivity index (χ2n) is 5.29. The zero-order valence-electron chi connectivity index (χ0n) is 9.53. The molecule has 2 nitrogen and oxygen atoms in total. The van der Waals surface area contributed by atoms with Gasteiger partial charge in [0.1, 0.15) is 5.01 Å². The quantitative estimate of drug-likeness (QED) is 0.865.